The summed E-state index contributed by atoms with van der Waals surface area (Å²) in [5, 5.41) is 3.09. The van der Waals surface area contributed by atoms with E-state index in [0.29, 0.717) is 6.03 Å². The van der Waals surface area contributed by atoms with Gasteiger partial charge in [-0.2, -0.15) is 0 Å². The molecule has 1 aliphatic rings. The fourth-order valence-electron chi connectivity index (χ4n) is 3.03. The van der Waals surface area contributed by atoms with Gasteiger partial charge < -0.3 is 9.13 Å². The first kappa shape index (κ1) is 12.9. The van der Waals surface area contributed by atoms with Gasteiger partial charge in [0.1, 0.15) is 0 Å². The van der Waals surface area contributed by atoms with Crippen LogP contribution in [0, 0.1) is 0 Å². The highest BCUT2D eigenvalue weighted by molar-refractivity contribution is 6.84. The number of carbonyl (C=O) groups is 1. The van der Waals surface area contributed by atoms with Crippen LogP contribution in [0.3, 0.4) is 0 Å². The van der Waals surface area contributed by atoms with Crippen LogP contribution in [0.2, 0.25) is 39.3 Å². The van der Waals surface area contributed by atoms with Gasteiger partial charge >= 0.3 is 6.03 Å². The van der Waals surface area contributed by atoms with Crippen LogP contribution in [0.5, 0.6) is 0 Å². The molecule has 1 aliphatic heterocycles. The Morgan fingerprint density at radius 1 is 1.07 bits per heavy atom. The van der Waals surface area contributed by atoms with Crippen molar-refractivity contribution in [3.8, 4) is 0 Å². The molecule has 15 heavy (non-hydrogen) atoms. The molecule has 0 aliphatic carbocycles. The van der Waals surface area contributed by atoms with E-state index in [-0.39, 0.29) is 0 Å². The SMILES string of the molecule is C[Si](C)(C)[N+]1([Si](C)(C)C)CCCNC1=O. The summed E-state index contributed by atoms with van der Waals surface area (Å²) >= 11 is 0. The summed E-state index contributed by atoms with van der Waals surface area (Å²) in [6, 6.07) is 0.305. The van der Waals surface area contributed by atoms with Gasteiger partial charge in [-0.15, -0.1) is 0 Å². The fourth-order valence-corrected chi connectivity index (χ4v) is 14.1. The highest BCUT2D eigenvalue weighted by Gasteiger charge is 2.57. The zero-order valence-electron chi connectivity index (χ0n) is 11.0. The van der Waals surface area contributed by atoms with E-state index >= 15 is 0 Å². The maximum absolute atomic E-state index is 12.3. The average molecular weight is 245 g/mol. The minimum Gasteiger partial charge on any atom is -0.361 e. The predicted molar refractivity (Wildman–Crippen MR) is 69.8 cm³/mol. The van der Waals surface area contributed by atoms with Crippen LogP contribution in [-0.2, 0) is 0 Å². The molecule has 0 bridgehead atoms. The molecule has 0 aromatic rings. The van der Waals surface area contributed by atoms with Crippen molar-refractivity contribution in [2.45, 2.75) is 45.7 Å². The lowest BCUT2D eigenvalue weighted by Crippen LogP contribution is -2.80. The van der Waals surface area contributed by atoms with Crippen molar-refractivity contribution >= 4 is 22.5 Å². The van der Waals surface area contributed by atoms with Crippen LogP contribution in [0.4, 0.5) is 4.79 Å². The number of urea groups is 1. The topological polar surface area (TPSA) is 29.1 Å². The summed E-state index contributed by atoms with van der Waals surface area (Å²) in [4.78, 5) is 12.3. The summed E-state index contributed by atoms with van der Waals surface area (Å²) in [5.41, 5.74) is 0. The van der Waals surface area contributed by atoms with Gasteiger partial charge in [0.25, 0.3) is 16.5 Å². The number of nitrogens with one attached hydrogen (secondary N) is 1. The maximum Gasteiger partial charge on any atom is 0.382 e. The number of quaternary nitrogens is 1. The molecule has 0 aromatic heterocycles. The summed E-state index contributed by atoms with van der Waals surface area (Å²) in [6.07, 6.45) is 1.14. The predicted octanol–water partition coefficient (Wildman–Crippen LogP) is 2.59. The number of nitrogens with zero attached hydrogens (tertiary/aromatic N) is 1. The first-order valence-corrected chi connectivity index (χ1v) is 12.7. The van der Waals surface area contributed by atoms with Crippen molar-refractivity contribution in [3.63, 3.8) is 0 Å². The van der Waals surface area contributed by atoms with Crippen LogP contribution < -0.4 is 5.32 Å². The van der Waals surface area contributed by atoms with E-state index in [4.69, 9.17) is 0 Å². The average Bonchev–Trinajstić information content (AvgIpc) is 2.00. The lowest BCUT2D eigenvalue weighted by atomic mass is 10.4. The van der Waals surface area contributed by atoms with Gasteiger partial charge in [0.15, 0.2) is 0 Å². The normalized spacial score (nSPS) is 22.4. The van der Waals surface area contributed by atoms with Gasteiger partial charge in [-0.3, -0.25) is 0 Å². The van der Waals surface area contributed by atoms with Crippen molar-refractivity contribution in [1.82, 2.24) is 5.32 Å². The van der Waals surface area contributed by atoms with E-state index in [1.165, 1.54) is 0 Å². The number of hydrogen-bond donors (Lipinski definition) is 1. The fraction of sp³-hybridized carbons (Fsp3) is 0.900. The van der Waals surface area contributed by atoms with Crippen LogP contribution in [-0.4, -0.2) is 39.4 Å². The Hall–Kier alpha value is -0.136. The Balaban J connectivity index is 3.23. The quantitative estimate of drug-likeness (QED) is 0.745. The monoisotopic (exact) mass is 245 g/mol. The second kappa shape index (κ2) is 3.71. The van der Waals surface area contributed by atoms with Gasteiger partial charge in [0.05, 0.1) is 6.54 Å². The zero-order valence-corrected chi connectivity index (χ0v) is 13.0. The van der Waals surface area contributed by atoms with Crippen molar-refractivity contribution in [2.75, 3.05) is 13.1 Å². The molecule has 1 N–H and O–H groups in total. The van der Waals surface area contributed by atoms with E-state index in [1.807, 2.05) is 0 Å². The lowest BCUT2D eigenvalue weighted by Gasteiger charge is -2.55. The first-order chi connectivity index (χ1) is 6.63. The number of carbonyl (C=O) groups excluding carboxylic acids is 1. The molecule has 0 unspecified atom stereocenters. The highest BCUT2D eigenvalue weighted by Crippen LogP contribution is 2.33. The van der Waals surface area contributed by atoms with Gasteiger partial charge in [0, 0.05) is 13.0 Å². The second-order valence-corrected chi connectivity index (χ2v) is 17.1. The Kier molecular flexibility index (Phi) is 3.20. The Bertz CT molecular complexity index is 252. The van der Waals surface area contributed by atoms with E-state index in [2.05, 4.69) is 44.6 Å². The van der Waals surface area contributed by atoms with E-state index < -0.39 is 16.5 Å². The summed E-state index contributed by atoms with van der Waals surface area (Å²) in [5.74, 6) is 0. The van der Waals surface area contributed by atoms with Crippen molar-refractivity contribution in [1.29, 1.82) is 0 Å². The molecule has 0 radical (unpaired) electrons. The van der Waals surface area contributed by atoms with E-state index in [9.17, 15) is 4.79 Å². The van der Waals surface area contributed by atoms with Gasteiger partial charge in [-0.1, -0.05) is 0 Å². The minimum absolute atomic E-state index is 0.305. The molecule has 1 rings (SSSR count). The molecule has 1 fully saturated rings. The van der Waals surface area contributed by atoms with Crippen molar-refractivity contribution in [3.05, 3.63) is 0 Å². The van der Waals surface area contributed by atoms with Crippen LogP contribution in [0.1, 0.15) is 6.42 Å². The van der Waals surface area contributed by atoms with E-state index in [0.717, 1.165) is 23.3 Å². The molecule has 0 atom stereocenters. The van der Waals surface area contributed by atoms with Crippen LogP contribution in [0.25, 0.3) is 0 Å². The molecular formula is C10H25N2OSi2+. The molecule has 0 spiro atoms. The molecule has 2 amide bonds. The maximum atomic E-state index is 12.3. The molecule has 3 nitrogen and oxygen atoms in total. The van der Waals surface area contributed by atoms with Crippen LogP contribution in [0.15, 0.2) is 0 Å². The van der Waals surface area contributed by atoms with Gasteiger partial charge in [0.2, 0.25) is 0 Å². The number of rotatable bonds is 2. The molecule has 1 heterocycles. The molecular weight excluding hydrogens is 220 g/mol. The summed E-state index contributed by atoms with van der Waals surface area (Å²) < 4.78 is 0.806. The minimum atomic E-state index is -1.52. The lowest BCUT2D eigenvalue weighted by molar-refractivity contribution is -0.646. The van der Waals surface area contributed by atoms with Gasteiger partial charge in [-0.05, 0) is 39.3 Å². The number of amides is 2. The second-order valence-electron chi connectivity index (χ2n) is 6.46. The largest absolute Gasteiger partial charge is 0.382 e. The summed E-state index contributed by atoms with van der Waals surface area (Å²) in [6.45, 7) is 15.9. The van der Waals surface area contributed by atoms with Crippen molar-refractivity contribution < 1.29 is 8.61 Å². The standard InChI is InChI=1S/C10H24N2OSi2/c1-14(2,3)12(15(4,5)6)9-7-8-11-10(12)13/h7-9H2,1-6H3/p+1. The summed E-state index contributed by atoms with van der Waals surface area (Å²) in [7, 11) is -3.04. The first-order valence-electron chi connectivity index (χ1n) is 5.79. The third-order valence-electron chi connectivity index (χ3n) is 3.58. The number of hydrogen-bond acceptors (Lipinski definition) is 1. The van der Waals surface area contributed by atoms with Crippen molar-refractivity contribution in [2.24, 2.45) is 0 Å². The molecule has 1 saturated heterocycles. The van der Waals surface area contributed by atoms with E-state index in [1.54, 1.807) is 0 Å². The molecule has 0 aromatic carbocycles. The Morgan fingerprint density at radius 3 is 1.80 bits per heavy atom. The zero-order chi connectivity index (χ0) is 11.9. The smallest absolute Gasteiger partial charge is 0.361 e. The Labute approximate surface area is 95.6 Å². The molecule has 5 heteroatoms. The molecule has 88 valence electrons. The third-order valence-corrected chi connectivity index (χ3v) is 13.0. The van der Waals surface area contributed by atoms with Gasteiger partial charge in [-0.25, -0.2) is 4.79 Å². The third kappa shape index (κ3) is 1.92. The van der Waals surface area contributed by atoms with Crippen LogP contribution >= 0.6 is 0 Å². The molecule has 0 saturated carbocycles. The highest BCUT2D eigenvalue weighted by atomic mass is 28.4. The Morgan fingerprint density at radius 2 is 1.53 bits per heavy atom.